The lowest BCUT2D eigenvalue weighted by Gasteiger charge is -2.09. The van der Waals surface area contributed by atoms with Crippen molar-refractivity contribution < 1.29 is 22.7 Å². The van der Waals surface area contributed by atoms with Crippen LogP contribution < -0.4 is 10.5 Å². The fourth-order valence-corrected chi connectivity index (χ4v) is 3.87. The Balaban J connectivity index is 1.63. The summed E-state index contributed by atoms with van der Waals surface area (Å²) in [5.74, 6) is -0.377. The molecule has 0 aliphatic rings. The van der Waals surface area contributed by atoms with E-state index in [2.05, 4.69) is 15.0 Å². The molecule has 0 radical (unpaired) electrons. The molecule has 0 aliphatic carbocycles. The number of ether oxygens (including phenoxy) is 1. The fraction of sp³-hybridized carbons (Fsp3) is 0.143. The molecule has 0 aliphatic heterocycles. The highest BCUT2D eigenvalue weighted by Crippen LogP contribution is 2.35. The molecule has 0 bridgehead atoms. The minimum Gasteiger partial charge on any atom is -0.437 e. The lowest BCUT2D eigenvalue weighted by Crippen LogP contribution is -2.18. The van der Waals surface area contributed by atoms with Gasteiger partial charge in [-0.15, -0.1) is 11.3 Å². The number of para-hydroxylation sites is 1. The van der Waals surface area contributed by atoms with Gasteiger partial charge in [0, 0.05) is 11.6 Å². The van der Waals surface area contributed by atoms with Gasteiger partial charge < -0.3 is 10.5 Å². The number of nitrogens with zero attached hydrogens (tertiary/aromatic N) is 3. The van der Waals surface area contributed by atoms with Crippen molar-refractivity contribution >= 4 is 27.5 Å². The van der Waals surface area contributed by atoms with Crippen LogP contribution in [-0.2, 0) is 11.0 Å². The van der Waals surface area contributed by atoms with Gasteiger partial charge in [0.15, 0.2) is 5.75 Å². The molecule has 2 N–H and O–H groups in total. The summed E-state index contributed by atoms with van der Waals surface area (Å²) in [4.78, 5) is 24.2. The van der Waals surface area contributed by atoms with Crippen molar-refractivity contribution in [1.82, 2.24) is 15.0 Å². The van der Waals surface area contributed by atoms with Crippen LogP contribution in [0, 0.1) is 0 Å². The summed E-state index contributed by atoms with van der Waals surface area (Å²) in [5.41, 5.74) is 6.10. The predicted octanol–water partition coefficient (Wildman–Crippen LogP) is 5.15. The lowest BCUT2D eigenvalue weighted by atomic mass is 10.1. The number of carbonyl (C=O) groups is 1. The summed E-state index contributed by atoms with van der Waals surface area (Å²) in [6.45, 7) is 1.68. The van der Waals surface area contributed by atoms with Crippen LogP contribution in [0.4, 0.5) is 13.2 Å². The van der Waals surface area contributed by atoms with Crippen LogP contribution in [0.15, 0.2) is 54.9 Å². The molecule has 0 spiro atoms. The SMILES string of the molecule is CC(C(N)=O)c1nc2c(Oc3cc(-c4ccc(C(F)(F)F)cc4)ncn3)cccc2s1. The van der Waals surface area contributed by atoms with Gasteiger partial charge in [0.1, 0.15) is 16.9 Å². The second-order valence-electron chi connectivity index (χ2n) is 6.70. The highest BCUT2D eigenvalue weighted by Gasteiger charge is 2.30. The lowest BCUT2D eigenvalue weighted by molar-refractivity contribution is -0.137. The maximum Gasteiger partial charge on any atom is 0.416 e. The van der Waals surface area contributed by atoms with Crippen molar-refractivity contribution in [2.24, 2.45) is 5.73 Å². The summed E-state index contributed by atoms with van der Waals surface area (Å²) in [6.07, 6.45) is -3.14. The topological polar surface area (TPSA) is 91.0 Å². The number of fused-ring (bicyclic) bond motifs is 1. The number of halogens is 3. The normalized spacial score (nSPS) is 12.6. The van der Waals surface area contributed by atoms with Gasteiger partial charge in [-0.3, -0.25) is 4.79 Å². The molecule has 31 heavy (non-hydrogen) atoms. The van der Waals surface area contributed by atoms with E-state index in [0.29, 0.717) is 27.5 Å². The number of hydrogen-bond acceptors (Lipinski definition) is 6. The highest BCUT2D eigenvalue weighted by atomic mass is 32.1. The minimum absolute atomic E-state index is 0.204. The van der Waals surface area contributed by atoms with Crippen LogP contribution in [0.3, 0.4) is 0 Å². The Morgan fingerprint density at radius 1 is 1.13 bits per heavy atom. The Hall–Kier alpha value is -3.53. The molecule has 1 atom stereocenters. The number of alkyl halides is 3. The van der Waals surface area contributed by atoms with Gasteiger partial charge in [-0.05, 0) is 31.2 Å². The van der Waals surface area contributed by atoms with Crippen molar-refractivity contribution in [2.45, 2.75) is 19.0 Å². The minimum atomic E-state index is -4.41. The number of hydrogen-bond donors (Lipinski definition) is 1. The van der Waals surface area contributed by atoms with Crippen molar-refractivity contribution in [1.29, 1.82) is 0 Å². The monoisotopic (exact) mass is 444 g/mol. The molecular weight excluding hydrogens is 429 g/mol. The van der Waals surface area contributed by atoms with Gasteiger partial charge in [0.25, 0.3) is 0 Å². The largest absolute Gasteiger partial charge is 0.437 e. The fourth-order valence-electron chi connectivity index (χ4n) is 2.83. The van der Waals surface area contributed by atoms with E-state index in [9.17, 15) is 18.0 Å². The predicted molar refractivity (Wildman–Crippen MR) is 110 cm³/mol. The van der Waals surface area contributed by atoms with Crippen molar-refractivity contribution in [2.75, 3.05) is 0 Å². The zero-order chi connectivity index (χ0) is 22.2. The second-order valence-corrected chi connectivity index (χ2v) is 7.76. The van der Waals surface area contributed by atoms with E-state index >= 15 is 0 Å². The molecule has 2 aromatic carbocycles. The molecule has 0 fully saturated rings. The molecule has 158 valence electrons. The van der Waals surface area contributed by atoms with Gasteiger partial charge in [-0.1, -0.05) is 18.2 Å². The van der Waals surface area contributed by atoms with Crippen LogP contribution in [0.1, 0.15) is 23.4 Å². The summed E-state index contributed by atoms with van der Waals surface area (Å²) in [6, 6.07) is 11.5. The molecule has 2 heterocycles. The number of amides is 1. The van der Waals surface area contributed by atoms with Gasteiger partial charge in [-0.2, -0.15) is 13.2 Å². The van der Waals surface area contributed by atoms with Crippen LogP contribution in [-0.4, -0.2) is 20.9 Å². The van der Waals surface area contributed by atoms with Crippen LogP contribution in [0.2, 0.25) is 0 Å². The number of aromatic nitrogens is 3. The second kappa shape index (κ2) is 7.95. The average Bonchev–Trinajstić information content (AvgIpc) is 3.18. The Morgan fingerprint density at radius 2 is 1.87 bits per heavy atom. The van der Waals surface area contributed by atoms with E-state index in [1.54, 1.807) is 19.1 Å². The molecule has 2 aromatic heterocycles. The van der Waals surface area contributed by atoms with E-state index in [4.69, 9.17) is 10.5 Å². The van der Waals surface area contributed by atoms with Crippen molar-refractivity contribution in [3.63, 3.8) is 0 Å². The number of rotatable bonds is 5. The Morgan fingerprint density at radius 3 is 2.55 bits per heavy atom. The summed E-state index contributed by atoms with van der Waals surface area (Å²) in [5, 5.41) is 0.576. The number of nitrogens with two attached hydrogens (primary N) is 1. The zero-order valence-electron chi connectivity index (χ0n) is 16.1. The van der Waals surface area contributed by atoms with E-state index in [-0.39, 0.29) is 5.88 Å². The Bertz CT molecular complexity index is 1260. The van der Waals surface area contributed by atoms with E-state index in [1.165, 1.54) is 35.9 Å². The Kier molecular flexibility index (Phi) is 5.32. The molecule has 6 nitrogen and oxygen atoms in total. The number of carbonyl (C=O) groups excluding carboxylic acids is 1. The highest BCUT2D eigenvalue weighted by molar-refractivity contribution is 7.18. The number of primary amides is 1. The summed E-state index contributed by atoms with van der Waals surface area (Å²) in [7, 11) is 0. The first-order chi connectivity index (χ1) is 14.7. The van der Waals surface area contributed by atoms with Gasteiger partial charge in [-0.25, -0.2) is 15.0 Å². The first-order valence-electron chi connectivity index (χ1n) is 9.08. The van der Waals surface area contributed by atoms with Gasteiger partial charge in [0.2, 0.25) is 11.8 Å². The molecule has 1 amide bonds. The molecule has 0 saturated heterocycles. The van der Waals surface area contributed by atoms with E-state index < -0.39 is 23.6 Å². The molecule has 10 heteroatoms. The Labute approximate surface area is 178 Å². The average molecular weight is 444 g/mol. The van der Waals surface area contributed by atoms with Gasteiger partial charge in [0.05, 0.1) is 21.9 Å². The number of thiazole rings is 1. The van der Waals surface area contributed by atoms with Crippen molar-refractivity contribution in [3.8, 4) is 22.9 Å². The summed E-state index contributed by atoms with van der Waals surface area (Å²) >= 11 is 1.35. The first kappa shape index (κ1) is 20.7. The molecule has 1 unspecified atom stereocenters. The van der Waals surface area contributed by atoms with E-state index in [1.807, 2.05) is 6.07 Å². The quantitative estimate of drug-likeness (QED) is 0.460. The summed E-state index contributed by atoms with van der Waals surface area (Å²) < 4.78 is 45.0. The van der Waals surface area contributed by atoms with E-state index in [0.717, 1.165) is 16.8 Å². The smallest absolute Gasteiger partial charge is 0.416 e. The van der Waals surface area contributed by atoms with Crippen LogP contribution in [0.5, 0.6) is 11.6 Å². The first-order valence-corrected chi connectivity index (χ1v) is 9.90. The van der Waals surface area contributed by atoms with Gasteiger partial charge >= 0.3 is 6.18 Å². The third kappa shape index (κ3) is 4.33. The third-order valence-electron chi connectivity index (χ3n) is 4.56. The van der Waals surface area contributed by atoms with Crippen LogP contribution in [0.25, 0.3) is 21.5 Å². The maximum atomic E-state index is 12.8. The maximum absolute atomic E-state index is 12.8. The van der Waals surface area contributed by atoms with Crippen LogP contribution >= 0.6 is 11.3 Å². The zero-order valence-corrected chi connectivity index (χ0v) is 16.9. The molecular formula is C21H15F3N4O2S. The molecule has 0 saturated carbocycles. The number of benzene rings is 2. The molecule has 4 aromatic rings. The standard InChI is InChI=1S/C21H15F3N4O2S/c1-11(19(25)29)20-28-18-15(3-2-4-16(18)31-20)30-17-9-14(26-10-27-17)12-5-7-13(8-6-12)21(22,23)24/h2-11H,1H3,(H2,25,29). The molecule has 4 rings (SSSR count). The van der Waals surface area contributed by atoms with Crippen molar-refractivity contribution in [3.05, 3.63) is 65.4 Å². The third-order valence-corrected chi connectivity index (χ3v) is 5.76.